The van der Waals surface area contributed by atoms with Crippen LogP contribution in [0.2, 0.25) is 0 Å². The summed E-state index contributed by atoms with van der Waals surface area (Å²) in [5.74, 6) is 1.13. The van der Waals surface area contributed by atoms with Crippen molar-refractivity contribution in [3.05, 3.63) is 102 Å². The lowest BCUT2D eigenvalue weighted by atomic mass is 10.1. The summed E-state index contributed by atoms with van der Waals surface area (Å²) >= 11 is 0. The number of aromatic nitrogens is 1. The Morgan fingerprint density at radius 1 is 0.821 bits per heavy atom. The van der Waals surface area contributed by atoms with E-state index in [2.05, 4.69) is 89.6 Å². The zero-order valence-electron chi connectivity index (χ0n) is 16.2. The Morgan fingerprint density at radius 2 is 1.46 bits per heavy atom. The predicted octanol–water partition coefficient (Wildman–Crippen LogP) is 5.89. The van der Waals surface area contributed by atoms with E-state index in [4.69, 9.17) is 4.99 Å². The Hall–Kier alpha value is -3.33. The summed E-state index contributed by atoms with van der Waals surface area (Å²) in [5, 5.41) is 4.89. The molecule has 140 valence electrons. The molecule has 0 aliphatic rings. The van der Waals surface area contributed by atoms with Crippen LogP contribution in [0.3, 0.4) is 0 Å². The molecule has 1 aromatic heterocycles. The van der Waals surface area contributed by atoms with Crippen LogP contribution >= 0.6 is 0 Å². The van der Waals surface area contributed by atoms with E-state index in [0.29, 0.717) is 6.54 Å². The molecule has 0 unspecified atom stereocenters. The minimum Gasteiger partial charge on any atom is -0.367 e. The number of nitrogens with one attached hydrogen (secondary N) is 1. The van der Waals surface area contributed by atoms with E-state index in [9.17, 15) is 0 Å². The summed E-state index contributed by atoms with van der Waals surface area (Å²) < 4.78 is 2.34. The van der Waals surface area contributed by atoms with Crippen LogP contribution in [0.15, 0.2) is 89.9 Å². The number of aryl methyl sites for hydroxylation is 1. The third kappa shape index (κ3) is 3.84. The Balaban J connectivity index is 1.68. The fourth-order valence-electron chi connectivity index (χ4n) is 3.59. The van der Waals surface area contributed by atoms with E-state index < -0.39 is 0 Å². The van der Waals surface area contributed by atoms with Crippen LogP contribution in [-0.4, -0.2) is 10.8 Å². The van der Waals surface area contributed by atoms with Gasteiger partial charge in [0, 0.05) is 30.3 Å². The van der Waals surface area contributed by atoms with Crippen molar-refractivity contribution in [1.29, 1.82) is 0 Å². The van der Waals surface area contributed by atoms with Crippen LogP contribution in [0.4, 0.5) is 5.82 Å². The zero-order valence-corrected chi connectivity index (χ0v) is 16.2. The van der Waals surface area contributed by atoms with Crippen LogP contribution in [0.25, 0.3) is 10.9 Å². The van der Waals surface area contributed by atoms with Crippen molar-refractivity contribution >= 4 is 22.9 Å². The lowest BCUT2D eigenvalue weighted by molar-refractivity contribution is 0.797. The average molecular weight is 367 g/mol. The number of aliphatic imine (C=N–C) groups is 1. The van der Waals surface area contributed by atoms with Gasteiger partial charge in [0.2, 0.25) is 0 Å². The number of hydrogen-bond donors (Lipinski definition) is 1. The maximum atomic E-state index is 4.75. The van der Waals surface area contributed by atoms with Crippen molar-refractivity contribution < 1.29 is 0 Å². The van der Waals surface area contributed by atoms with Crippen molar-refractivity contribution in [3.63, 3.8) is 0 Å². The molecule has 0 radical (unpaired) electrons. The van der Waals surface area contributed by atoms with E-state index in [0.717, 1.165) is 24.5 Å². The van der Waals surface area contributed by atoms with Gasteiger partial charge in [-0.05, 0) is 24.1 Å². The first-order chi connectivity index (χ1) is 13.9. The van der Waals surface area contributed by atoms with Gasteiger partial charge in [0.25, 0.3) is 0 Å². The van der Waals surface area contributed by atoms with Gasteiger partial charge in [-0.3, -0.25) is 4.99 Å². The maximum absolute atomic E-state index is 4.75. The standard InChI is InChI=1S/C25H25N3/c1-2-28-24-16-10-9-15-22(24)23(19-26-17-20-11-5-3-6-12-20)25(28)27-18-21-13-7-4-8-14-21/h3-16,19,27H,2,17-18H2,1H3. The van der Waals surface area contributed by atoms with Crippen LogP contribution in [0.5, 0.6) is 0 Å². The fourth-order valence-corrected chi connectivity index (χ4v) is 3.59. The number of rotatable bonds is 7. The lowest BCUT2D eigenvalue weighted by Gasteiger charge is -2.12. The molecular weight excluding hydrogens is 342 g/mol. The Morgan fingerprint density at radius 3 is 2.18 bits per heavy atom. The van der Waals surface area contributed by atoms with E-state index in [-0.39, 0.29) is 0 Å². The molecule has 3 aromatic carbocycles. The predicted molar refractivity (Wildman–Crippen MR) is 119 cm³/mol. The molecule has 0 saturated carbocycles. The molecule has 3 nitrogen and oxygen atoms in total. The van der Waals surface area contributed by atoms with Crippen molar-refractivity contribution in [2.24, 2.45) is 4.99 Å². The molecule has 0 aliphatic heterocycles. The molecule has 0 atom stereocenters. The Kier molecular flexibility index (Phi) is 5.53. The summed E-state index contributed by atoms with van der Waals surface area (Å²) in [6.07, 6.45) is 2.02. The van der Waals surface area contributed by atoms with Crippen LogP contribution in [0, 0.1) is 0 Å². The number of benzene rings is 3. The highest BCUT2D eigenvalue weighted by atomic mass is 15.1. The Labute approximate surface area is 166 Å². The van der Waals surface area contributed by atoms with Gasteiger partial charge in [0.1, 0.15) is 5.82 Å². The van der Waals surface area contributed by atoms with Crippen LogP contribution in [-0.2, 0) is 19.6 Å². The molecule has 0 saturated heterocycles. The smallest absolute Gasteiger partial charge is 0.116 e. The second kappa shape index (κ2) is 8.57. The molecule has 0 fully saturated rings. The minimum atomic E-state index is 0.685. The normalized spacial score (nSPS) is 11.3. The van der Waals surface area contributed by atoms with Gasteiger partial charge in [-0.25, -0.2) is 0 Å². The highest BCUT2D eigenvalue weighted by molar-refractivity contribution is 6.05. The van der Waals surface area contributed by atoms with Gasteiger partial charge < -0.3 is 9.88 Å². The molecule has 3 heteroatoms. The van der Waals surface area contributed by atoms with Gasteiger partial charge >= 0.3 is 0 Å². The van der Waals surface area contributed by atoms with Crippen LogP contribution in [0.1, 0.15) is 23.6 Å². The molecule has 4 aromatic rings. The van der Waals surface area contributed by atoms with E-state index >= 15 is 0 Å². The van der Waals surface area contributed by atoms with Crippen molar-refractivity contribution in [2.45, 2.75) is 26.6 Å². The largest absolute Gasteiger partial charge is 0.367 e. The average Bonchev–Trinajstić information content (AvgIpc) is 3.06. The van der Waals surface area contributed by atoms with E-state index in [1.807, 2.05) is 18.3 Å². The van der Waals surface area contributed by atoms with Crippen molar-refractivity contribution in [3.8, 4) is 0 Å². The maximum Gasteiger partial charge on any atom is 0.116 e. The summed E-state index contributed by atoms with van der Waals surface area (Å²) in [6, 6.07) is 29.4. The lowest BCUT2D eigenvalue weighted by Crippen LogP contribution is -2.07. The number of para-hydroxylation sites is 1. The van der Waals surface area contributed by atoms with E-state index in [1.54, 1.807) is 0 Å². The first-order valence-corrected chi connectivity index (χ1v) is 9.79. The van der Waals surface area contributed by atoms with Gasteiger partial charge in [0.15, 0.2) is 0 Å². The summed E-state index contributed by atoms with van der Waals surface area (Å²) in [5.41, 5.74) is 4.88. The molecule has 0 aliphatic carbocycles. The number of nitrogens with zero attached hydrogens (tertiary/aromatic N) is 2. The Bertz CT molecular complexity index is 1060. The van der Waals surface area contributed by atoms with Crippen molar-refractivity contribution in [1.82, 2.24) is 4.57 Å². The van der Waals surface area contributed by atoms with Gasteiger partial charge in [-0.1, -0.05) is 78.9 Å². The quantitative estimate of drug-likeness (QED) is 0.405. The van der Waals surface area contributed by atoms with Gasteiger partial charge in [-0.15, -0.1) is 0 Å². The highest BCUT2D eigenvalue weighted by Gasteiger charge is 2.14. The third-order valence-corrected chi connectivity index (χ3v) is 4.97. The summed E-state index contributed by atoms with van der Waals surface area (Å²) in [4.78, 5) is 4.75. The zero-order chi connectivity index (χ0) is 19.2. The van der Waals surface area contributed by atoms with Gasteiger partial charge in [0.05, 0.1) is 12.1 Å². The molecule has 0 bridgehead atoms. The minimum absolute atomic E-state index is 0.685. The number of hydrogen-bond acceptors (Lipinski definition) is 2. The second-order valence-electron chi connectivity index (χ2n) is 6.82. The number of fused-ring (bicyclic) bond motifs is 1. The van der Waals surface area contributed by atoms with Crippen LogP contribution < -0.4 is 5.32 Å². The molecule has 0 spiro atoms. The molecule has 28 heavy (non-hydrogen) atoms. The monoisotopic (exact) mass is 367 g/mol. The second-order valence-corrected chi connectivity index (χ2v) is 6.82. The SMILES string of the molecule is CCn1c(NCc2ccccc2)c(C=NCc2ccccc2)c2ccccc21. The first kappa shape index (κ1) is 18.1. The molecule has 1 heterocycles. The van der Waals surface area contributed by atoms with E-state index in [1.165, 1.54) is 22.0 Å². The van der Waals surface area contributed by atoms with Crippen molar-refractivity contribution in [2.75, 3.05) is 5.32 Å². The first-order valence-electron chi connectivity index (χ1n) is 9.79. The molecule has 4 rings (SSSR count). The molecule has 1 N–H and O–H groups in total. The number of anilines is 1. The molecular formula is C25H25N3. The highest BCUT2D eigenvalue weighted by Crippen LogP contribution is 2.29. The summed E-state index contributed by atoms with van der Waals surface area (Å²) in [7, 11) is 0. The van der Waals surface area contributed by atoms with Gasteiger partial charge in [-0.2, -0.15) is 0 Å². The molecule has 0 amide bonds. The fraction of sp³-hybridized carbons (Fsp3) is 0.160. The third-order valence-electron chi connectivity index (χ3n) is 4.97. The topological polar surface area (TPSA) is 29.3 Å². The summed E-state index contributed by atoms with van der Waals surface area (Å²) in [6.45, 7) is 4.57.